The highest BCUT2D eigenvalue weighted by atomic mass is 35.5. The molecule has 2 aliphatic rings. The van der Waals surface area contributed by atoms with E-state index < -0.39 is 0 Å². The van der Waals surface area contributed by atoms with Gasteiger partial charge in [-0.3, -0.25) is 4.79 Å². The zero-order valence-electron chi connectivity index (χ0n) is 10.8. The molecule has 2 rings (SSSR count). The second-order valence-electron chi connectivity index (χ2n) is 4.73. The first-order valence-electron chi connectivity index (χ1n) is 6.50. The van der Waals surface area contributed by atoms with Crippen LogP contribution in [-0.2, 0) is 14.3 Å². The predicted octanol–water partition coefficient (Wildman–Crippen LogP) is 0.552. The lowest BCUT2D eigenvalue weighted by atomic mass is 10.1. The first-order chi connectivity index (χ1) is 8.26. The third-order valence-electron chi connectivity index (χ3n) is 3.63. The maximum absolute atomic E-state index is 12.3. The van der Waals surface area contributed by atoms with Gasteiger partial charge in [0.1, 0.15) is 6.10 Å². The first kappa shape index (κ1) is 15.7. The number of ether oxygens (including phenoxy) is 2. The molecule has 0 aromatic heterocycles. The Morgan fingerprint density at radius 1 is 1.44 bits per heavy atom. The summed E-state index contributed by atoms with van der Waals surface area (Å²) in [6, 6.07) is 0.205. The van der Waals surface area contributed by atoms with E-state index in [4.69, 9.17) is 15.2 Å². The molecule has 6 heteroatoms. The summed E-state index contributed by atoms with van der Waals surface area (Å²) in [4.78, 5) is 14.3. The van der Waals surface area contributed by atoms with Crippen LogP contribution >= 0.6 is 12.4 Å². The maximum Gasteiger partial charge on any atom is 0.252 e. The number of morpholine rings is 1. The van der Waals surface area contributed by atoms with Gasteiger partial charge in [-0.2, -0.15) is 0 Å². The van der Waals surface area contributed by atoms with E-state index in [2.05, 4.69) is 6.92 Å². The highest BCUT2D eigenvalue weighted by molar-refractivity contribution is 5.85. The van der Waals surface area contributed by atoms with Crippen LogP contribution in [0.15, 0.2) is 0 Å². The van der Waals surface area contributed by atoms with E-state index in [0.29, 0.717) is 26.3 Å². The Morgan fingerprint density at radius 2 is 2.22 bits per heavy atom. The zero-order valence-corrected chi connectivity index (χ0v) is 11.7. The van der Waals surface area contributed by atoms with Crippen molar-refractivity contribution in [3.8, 4) is 0 Å². The predicted molar refractivity (Wildman–Crippen MR) is 70.8 cm³/mol. The maximum atomic E-state index is 12.3. The van der Waals surface area contributed by atoms with Crippen LogP contribution in [0, 0.1) is 0 Å². The molecular formula is C12H23ClN2O3. The zero-order chi connectivity index (χ0) is 12.3. The molecule has 2 fully saturated rings. The van der Waals surface area contributed by atoms with Gasteiger partial charge in [-0.15, -0.1) is 12.4 Å². The molecule has 0 saturated carbocycles. The second-order valence-corrected chi connectivity index (χ2v) is 4.73. The van der Waals surface area contributed by atoms with Gasteiger partial charge in [0.2, 0.25) is 0 Å². The molecule has 0 aliphatic carbocycles. The molecule has 0 radical (unpaired) electrons. The highest BCUT2D eigenvalue weighted by Crippen LogP contribution is 2.23. The highest BCUT2D eigenvalue weighted by Gasteiger charge is 2.36. The monoisotopic (exact) mass is 278 g/mol. The van der Waals surface area contributed by atoms with Gasteiger partial charge in [-0.25, -0.2) is 0 Å². The van der Waals surface area contributed by atoms with Gasteiger partial charge >= 0.3 is 0 Å². The molecule has 106 valence electrons. The average Bonchev–Trinajstić information content (AvgIpc) is 2.86. The topological polar surface area (TPSA) is 64.8 Å². The molecule has 0 aromatic carbocycles. The minimum Gasteiger partial charge on any atom is -0.377 e. The van der Waals surface area contributed by atoms with Crippen LogP contribution in [0.25, 0.3) is 0 Å². The van der Waals surface area contributed by atoms with Gasteiger partial charge in [-0.1, -0.05) is 6.92 Å². The van der Waals surface area contributed by atoms with Crippen molar-refractivity contribution < 1.29 is 14.3 Å². The molecule has 0 spiro atoms. The van der Waals surface area contributed by atoms with Gasteiger partial charge in [0.25, 0.3) is 5.91 Å². The number of hydrogen-bond acceptors (Lipinski definition) is 4. The molecule has 2 heterocycles. The normalized spacial score (nSPS) is 32.1. The second kappa shape index (κ2) is 7.28. The molecule has 1 amide bonds. The lowest BCUT2D eigenvalue weighted by Gasteiger charge is -2.36. The van der Waals surface area contributed by atoms with E-state index >= 15 is 0 Å². The standard InChI is InChI=1S/C12H22N2O3.ClH/c1-2-9-8-16-6-5-14(9)12(15)11-4-3-10(7-13)17-11;/h9-11H,2-8,13H2,1H3;1H/t9?,10-,11+;/m1./s1. The van der Waals surface area contributed by atoms with Gasteiger partial charge in [0.15, 0.2) is 0 Å². The quantitative estimate of drug-likeness (QED) is 0.819. The SMILES string of the molecule is CCC1COCCN1C(=O)[C@@H]1CC[C@H](CN)O1.Cl. The molecule has 2 aliphatic heterocycles. The van der Waals surface area contributed by atoms with E-state index in [9.17, 15) is 4.79 Å². The fourth-order valence-electron chi connectivity index (χ4n) is 2.53. The van der Waals surface area contributed by atoms with E-state index in [1.54, 1.807) is 0 Å². The minimum atomic E-state index is -0.282. The lowest BCUT2D eigenvalue weighted by Crippen LogP contribution is -2.51. The van der Waals surface area contributed by atoms with Gasteiger partial charge in [-0.05, 0) is 19.3 Å². The molecule has 2 N–H and O–H groups in total. The third kappa shape index (κ3) is 3.35. The van der Waals surface area contributed by atoms with Gasteiger partial charge in [0, 0.05) is 13.1 Å². The Bertz CT molecular complexity index is 278. The largest absolute Gasteiger partial charge is 0.377 e. The van der Waals surface area contributed by atoms with Crippen molar-refractivity contribution >= 4 is 18.3 Å². The minimum absolute atomic E-state index is 0. The van der Waals surface area contributed by atoms with Crippen LogP contribution in [0.5, 0.6) is 0 Å². The van der Waals surface area contributed by atoms with E-state index in [1.165, 1.54) is 0 Å². The Labute approximate surface area is 114 Å². The summed E-state index contributed by atoms with van der Waals surface area (Å²) in [6.45, 7) is 4.55. The summed E-state index contributed by atoms with van der Waals surface area (Å²) < 4.78 is 11.1. The van der Waals surface area contributed by atoms with Crippen molar-refractivity contribution in [2.24, 2.45) is 5.73 Å². The molecular weight excluding hydrogens is 256 g/mol. The molecule has 0 bridgehead atoms. The Hall–Kier alpha value is -0.360. The van der Waals surface area contributed by atoms with Crippen molar-refractivity contribution in [1.82, 2.24) is 4.90 Å². The number of carbonyl (C=O) groups excluding carboxylic acids is 1. The van der Waals surface area contributed by atoms with Crippen molar-refractivity contribution in [3.63, 3.8) is 0 Å². The summed E-state index contributed by atoms with van der Waals surface area (Å²) in [5, 5.41) is 0. The summed E-state index contributed by atoms with van der Waals surface area (Å²) >= 11 is 0. The molecule has 1 unspecified atom stereocenters. The van der Waals surface area contributed by atoms with Crippen molar-refractivity contribution in [3.05, 3.63) is 0 Å². The van der Waals surface area contributed by atoms with Crippen LogP contribution in [0.1, 0.15) is 26.2 Å². The number of nitrogens with zero attached hydrogens (tertiary/aromatic N) is 1. The van der Waals surface area contributed by atoms with Crippen molar-refractivity contribution in [1.29, 1.82) is 0 Å². The number of carbonyl (C=O) groups is 1. The van der Waals surface area contributed by atoms with E-state index in [0.717, 1.165) is 19.3 Å². The van der Waals surface area contributed by atoms with Crippen molar-refractivity contribution in [2.45, 2.75) is 44.4 Å². The fraction of sp³-hybridized carbons (Fsp3) is 0.917. The van der Waals surface area contributed by atoms with Crippen LogP contribution in [0.2, 0.25) is 0 Å². The summed E-state index contributed by atoms with van der Waals surface area (Å²) in [5.41, 5.74) is 5.56. The smallest absolute Gasteiger partial charge is 0.252 e. The van der Waals surface area contributed by atoms with Gasteiger partial charge < -0.3 is 20.1 Å². The molecule has 18 heavy (non-hydrogen) atoms. The van der Waals surface area contributed by atoms with E-state index in [-0.39, 0.29) is 36.6 Å². The first-order valence-corrected chi connectivity index (χ1v) is 6.50. The average molecular weight is 279 g/mol. The van der Waals surface area contributed by atoms with E-state index in [1.807, 2.05) is 4.90 Å². The molecule has 3 atom stereocenters. The van der Waals surface area contributed by atoms with Crippen LogP contribution in [0.4, 0.5) is 0 Å². The summed E-state index contributed by atoms with van der Waals surface area (Å²) in [6.07, 6.45) is 2.40. The van der Waals surface area contributed by atoms with Crippen LogP contribution in [-0.4, -0.2) is 55.4 Å². The number of halogens is 1. The van der Waals surface area contributed by atoms with Gasteiger partial charge in [0.05, 0.1) is 25.4 Å². The molecule has 5 nitrogen and oxygen atoms in total. The third-order valence-corrected chi connectivity index (χ3v) is 3.63. The number of nitrogens with two attached hydrogens (primary N) is 1. The van der Waals surface area contributed by atoms with Crippen LogP contribution < -0.4 is 5.73 Å². The van der Waals surface area contributed by atoms with Crippen LogP contribution in [0.3, 0.4) is 0 Å². The number of amides is 1. The molecule has 2 saturated heterocycles. The number of hydrogen-bond donors (Lipinski definition) is 1. The Balaban J connectivity index is 0.00000162. The number of rotatable bonds is 3. The molecule has 0 aromatic rings. The lowest BCUT2D eigenvalue weighted by molar-refractivity contribution is -0.151. The fourth-order valence-corrected chi connectivity index (χ4v) is 2.53. The summed E-state index contributed by atoms with van der Waals surface area (Å²) in [7, 11) is 0. The Morgan fingerprint density at radius 3 is 2.83 bits per heavy atom. The Kier molecular flexibility index (Phi) is 6.35. The van der Waals surface area contributed by atoms with Crippen molar-refractivity contribution in [2.75, 3.05) is 26.3 Å². The summed E-state index contributed by atoms with van der Waals surface area (Å²) in [5.74, 6) is 0.121.